The Morgan fingerprint density at radius 2 is 2.15 bits per heavy atom. The van der Waals surface area contributed by atoms with E-state index in [-0.39, 0.29) is 18.0 Å². The number of hydrogen-bond acceptors (Lipinski definition) is 5. The van der Waals surface area contributed by atoms with Crippen molar-refractivity contribution in [3.63, 3.8) is 0 Å². The number of aromatic nitrogens is 3. The number of carbonyl (C=O) groups excluding carboxylic acids is 1. The minimum absolute atomic E-state index is 0.0197. The molecule has 0 saturated heterocycles. The van der Waals surface area contributed by atoms with Crippen LogP contribution in [0.4, 0.5) is 0 Å². The summed E-state index contributed by atoms with van der Waals surface area (Å²) in [6.07, 6.45) is 6.92. The van der Waals surface area contributed by atoms with Crippen LogP contribution in [0.15, 0.2) is 18.5 Å². The van der Waals surface area contributed by atoms with Gasteiger partial charge in [-0.1, -0.05) is 0 Å². The first kappa shape index (κ1) is 12.9. The standard InChI is InChI=1S/C14H17N3O3/c1-19-14(18)9-2-4-10(5-3-9)20-12-6-7-15-13-11(12)8-16-17-13/h6-10H,2-5H2,1H3,(H,15,16,17). The van der Waals surface area contributed by atoms with Crippen molar-refractivity contribution >= 4 is 17.0 Å². The Balaban J connectivity index is 1.65. The molecule has 0 unspecified atom stereocenters. The summed E-state index contributed by atoms with van der Waals surface area (Å²) in [5.74, 6) is 0.709. The van der Waals surface area contributed by atoms with Gasteiger partial charge in [0.2, 0.25) is 0 Å². The van der Waals surface area contributed by atoms with Crippen molar-refractivity contribution in [1.82, 2.24) is 15.2 Å². The van der Waals surface area contributed by atoms with Crippen molar-refractivity contribution in [3.8, 4) is 5.75 Å². The average molecular weight is 275 g/mol. The third-order valence-corrected chi connectivity index (χ3v) is 3.82. The number of carbonyl (C=O) groups is 1. The van der Waals surface area contributed by atoms with E-state index in [0.29, 0.717) is 0 Å². The van der Waals surface area contributed by atoms with Gasteiger partial charge in [0, 0.05) is 6.20 Å². The average Bonchev–Trinajstić information content (AvgIpc) is 2.97. The molecule has 20 heavy (non-hydrogen) atoms. The minimum atomic E-state index is -0.107. The van der Waals surface area contributed by atoms with Crippen LogP contribution in [0.2, 0.25) is 0 Å². The number of esters is 1. The minimum Gasteiger partial charge on any atom is -0.490 e. The molecule has 0 radical (unpaired) electrons. The van der Waals surface area contributed by atoms with Gasteiger partial charge < -0.3 is 9.47 Å². The van der Waals surface area contributed by atoms with E-state index < -0.39 is 0 Å². The summed E-state index contributed by atoms with van der Waals surface area (Å²) in [7, 11) is 1.44. The van der Waals surface area contributed by atoms with Crippen LogP contribution in [0.3, 0.4) is 0 Å². The van der Waals surface area contributed by atoms with E-state index >= 15 is 0 Å². The van der Waals surface area contributed by atoms with Crippen LogP contribution in [-0.4, -0.2) is 34.4 Å². The third-order valence-electron chi connectivity index (χ3n) is 3.82. The summed E-state index contributed by atoms with van der Waals surface area (Å²) >= 11 is 0. The van der Waals surface area contributed by atoms with Gasteiger partial charge in [-0.2, -0.15) is 5.10 Å². The van der Waals surface area contributed by atoms with E-state index in [1.54, 1.807) is 12.4 Å². The van der Waals surface area contributed by atoms with E-state index in [2.05, 4.69) is 15.2 Å². The molecule has 2 aromatic rings. The maximum atomic E-state index is 11.5. The summed E-state index contributed by atoms with van der Waals surface area (Å²) in [6, 6.07) is 1.85. The van der Waals surface area contributed by atoms with Gasteiger partial charge in [-0.3, -0.25) is 9.89 Å². The van der Waals surface area contributed by atoms with Crippen molar-refractivity contribution in [1.29, 1.82) is 0 Å². The summed E-state index contributed by atoms with van der Waals surface area (Å²) in [6.45, 7) is 0. The molecule has 0 spiro atoms. The number of pyridine rings is 1. The van der Waals surface area contributed by atoms with Gasteiger partial charge in [0.05, 0.1) is 30.7 Å². The van der Waals surface area contributed by atoms with Crippen LogP contribution < -0.4 is 4.74 Å². The molecule has 2 aromatic heterocycles. The highest BCUT2D eigenvalue weighted by Crippen LogP contribution is 2.30. The molecule has 0 bridgehead atoms. The Bertz CT molecular complexity index is 602. The van der Waals surface area contributed by atoms with Gasteiger partial charge in [-0.15, -0.1) is 0 Å². The molecule has 6 nitrogen and oxygen atoms in total. The first-order chi connectivity index (χ1) is 9.78. The first-order valence-corrected chi connectivity index (χ1v) is 6.80. The van der Waals surface area contributed by atoms with Gasteiger partial charge in [0.1, 0.15) is 5.75 Å². The zero-order valence-electron chi connectivity index (χ0n) is 11.3. The molecule has 1 saturated carbocycles. The maximum Gasteiger partial charge on any atom is 0.308 e. The maximum absolute atomic E-state index is 11.5. The van der Waals surface area contributed by atoms with Crippen molar-refractivity contribution < 1.29 is 14.3 Å². The lowest BCUT2D eigenvalue weighted by molar-refractivity contribution is -0.147. The fourth-order valence-electron chi connectivity index (χ4n) is 2.69. The predicted molar refractivity (Wildman–Crippen MR) is 72.3 cm³/mol. The quantitative estimate of drug-likeness (QED) is 0.868. The van der Waals surface area contributed by atoms with Gasteiger partial charge in [-0.05, 0) is 31.7 Å². The summed E-state index contributed by atoms with van der Waals surface area (Å²) < 4.78 is 10.8. The van der Waals surface area contributed by atoms with Gasteiger partial charge in [0.25, 0.3) is 0 Å². The second-order valence-corrected chi connectivity index (χ2v) is 5.06. The highest BCUT2D eigenvalue weighted by molar-refractivity contribution is 5.80. The van der Waals surface area contributed by atoms with Gasteiger partial charge in [0.15, 0.2) is 5.65 Å². The summed E-state index contributed by atoms with van der Waals surface area (Å²) in [4.78, 5) is 15.7. The van der Waals surface area contributed by atoms with Crippen molar-refractivity contribution in [2.24, 2.45) is 5.92 Å². The lowest BCUT2D eigenvalue weighted by atomic mass is 9.87. The molecule has 2 heterocycles. The molecule has 106 valence electrons. The molecule has 3 rings (SSSR count). The summed E-state index contributed by atoms with van der Waals surface area (Å²) in [5, 5.41) is 7.69. The summed E-state index contributed by atoms with van der Waals surface area (Å²) in [5.41, 5.74) is 0.728. The number of fused-ring (bicyclic) bond motifs is 1. The van der Waals surface area contributed by atoms with E-state index in [1.165, 1.54) is 7.11 Å². The molecule has 1 fully saturated rings. The molecule has 0 aliphatic heterocycles. The highest BCUT2D eigenvalue weighted by atomic mass is 16.5. The Morgan fingerprint density at radius 3 is 2.90 bits per heavy atom. The topological polar surface area (TPSA) is 77.1 Å². The SMILES string of the molecule is COC(=O)C1CCC(Oc2ccnc3[nH]ncc23)CC1. The number of hydrogen-bond donors (Lipinski definition) is 1. The van der Waals surface area contributed by atoms with Crippen LogP contribution in [0.25, 0.3) is 11.0 Å². The smallest absolute Gasteiger partial charge is 0.308 e. The monoisotopic (exact) mass is 275 g/mol. The second kappa shape index (κ2) is 5.48. The third kappa shape index (κ3) is 2.45. The number of nitrogens with one attached hydrogen (secondary N) is 1. The van der Waals surface area contributed by atoms with Crippen LogP contribution in [-0.2, 0) is 9.53 Å². The second-order valence-electron chi connectivity index (χ2n) is 5.06. The van der Waals surface area contributed by atoms with Crippen molar-refractivity contribution in [2.75, 3.05) is 7.11 Å². The molecule has 1 N–H and O–H groups in total. The lowest BCUT2D eigenvalue weighted by Gasteiger charge is -2.27. The molecule has 1 aliphatic rings. The van der Waals surface area contributed by atoms with Crippen LogP contribution in [0.5, 0.6) is 5.75 Å². The Labute approximate surface area is 116 Å². The largest absolute Gasteiger partial charge is 0.490 e. The van der Waals surface area contributed by atoms with Crippen molar-refractivity contribution in [3.05, 3.63) is 18.5 Å². The first-order valence-electron chi connectivity index (χ1n) is 6.80. The number of nitrogens with zero attached hydrogens (tertiary/aromatic N) is 2. The number of aromatic amines is 1. The van der Waals surface area contributed by atoms with Gasteiger partial charge in [-0.25, -0.2) is 4.98 Å². The van der Waals surface area contributed by atoms with Crippen LogP contribution in [0.1, 0.15) is 25.7 Å². The molecule has 0 atom stereocenters. The fourth-order valence-corrected chi connectivity index (χ4v) is 2.69. The van der Waals surface area contributed by atoms with E-state index in [9.17, 15) is 4.79 Å². The highest BCUT2D eigenvalue weighted by Gasteiger charge is 2.28. The molecule has 1 aliphatic carbocycles. The Morgan fingerprint density at radius 1 is 1.35 bits per heavy atom. The molecule has 0 aromatic carbocycles. The number of methoxy groups -OCH3 is 1. The lowest BCUT2D eigenvalue weighted by Crippen LogP contribution is -2.28. The predicted octanol–water partition coefficient (Wildman–Crippen LogP) is 2.07. The van der Waals surface area contributed by atoms with E-state index in [1.807, 2.05) is 6.07 Å². The number of ether oxygens (including phenoxy) is 2. The van der Waals surface area contributed by atoms with Gasteiger partial charge >= 0.3 is 5.97 Å². The van der Waals surface area contributed by atoms with Crippen LogP contribution in [0, 0.1) is 5.92 Å². The van der Waals surface area contributed by atoms with Crippen LogP contribution >= 0.6 is 0 Å². The normalized spacial score (nSPS) is 22.6. The number of H-pyrrole nitrogens is 1. The van der Waals surface area contributed by atoms with E-state index in [4.69, 9.17) is 9.47 Å². The number of rotatable bonds is 3. The molecular formula is C14H17N3O3. The Hall–Kier alpha value is -2.11. The van der Waals surface area contributed by atoms with E-state index in [0.717, 1.165) is 42.5 Å². The fraction of sp³-hybridized carbons (Fsp3) is 0.500. The molecular weight excluding hydrogens is 258 g/mol. The molecule has 6 heteroatoms. The zero-order chi connectivity index (χ0) is 13.9. The molecule has 0 amide bonds. The van der Waals surface area contributed by atoms with Crippen molar-refractivity contribution in [2.45, 2.75) is 31.8 Å². The Kier molecular flexibility index (Phi) is 3.54. The zero-order valence-corrected chi connectivity index (χ0v) is 11.3.